The number of carbonyl (C=O) groups is 1. The van der Waals surface area contributed by atoms with Crippen molar-refractivity contribution in [2.45, 2.75) is 6.92 Å². The van der Waals surface area contributed by atoms with Gasteiger partial charge < -0.3 is 5.32 Å². The molecule has 0 heterocycles. The molecule has 0 radical (unpaired) electrons. The minimum absolute atomic E-state index is 0.242. The van der Waals surface area contributed by atoms with Gasteiger partial charge in [0, 0.05) is 11.6 Å². The number of anilines is 1. The van der Waals surface area contributed by atoms with E-state index in [1.54, 1.807) is 31.2 Å². The zero-order chi connectivity index (χ0) is 13.8. The first-order valence-corrected chi connectivity index (χ1v) is 7.57. The highest BCUT2D eigenvalue weighted by Gasteiger charge is 2.20. The largest absolute Gasteiger partial charge is 0.355 e. The van der Waals surface area contributed by atoms with Crippen LogP contribution in [0.2, 0.25) is 5.02 Å². The van der Waals surface area contributed by atoms with E-state index in [1.165, 1.54) is 0 Å². The van der Waals surface area contributed by atoms with Gasteiger partial charge in [0.25, 0.3) is 0 Å². The van der Waals surface area contributed by atoms with Crippen molar-refractivity contribution in [2.75, 3.05) is 23.7 Å². The van der Waals surface area contributed by atoms with E-state index in [0.29, 0.717) is 17.3 Å². The van der Waals surface area contributed by atoms with Gasteiger partial charge in [0.15, 0.2) is 0 Å². The molecule has 1 aromatic carbocycles. The second-order valence-corrected chi connectivity index (χ2v) is 6.04. The number of likely N-dealkylation sites (N-methyl/N-ethyl adjacent to an activating group) is 1. The maximum absolute atomic E-state index is 11.7. The Kier molecular flexibility index (Phi) is 4.98. The average Bonchev–Trinajstić information content (AvgIpc) is 2.26. The maximum atomic E-state index is 11.7. The standard InChI is InChI=1S/C11H15ClN2O3S/c1-3-13-11(15)8-14(18(2,16)17)10-6-4-9(12)5-7-10/h4-7H,3,8H2,1-2H3,(H,13,15). The Bertz CT molecular complexity index is 514. The summed E-state index contributed by atoms with van der Waals surface area (Å²) in [6.07, 6.45) is 1.06. The lowest BCUT2D eigenvalue weighted by molar-refractivity contribution is -0.119. The molecule has 0 aliphatic carbocycles. The molecule has 1 N–H and O–H groups in total. The number of rotatable bonds is 5. The zero-order valence-electron chi connectivity index (χ0n) is 10.2. The number of nitrogens with zero attached hydrogens (tertiary/aromatic N) is 1. The molecule has 0 aliphatic rings. The summed E-state index contributed by atoms with van der Waals surface area (Å²) in [4.78, 5) is 11.5. The highest BCUT2D eigenvalue weighted by atomic mass is 35.5. The lowest BCUT2D eigenvalue weighted by Gasteiger charge is -2.21. The van der Waals surface area contributed by atoms with Gasteiger partial charge in [0.1, 0.15) is 6.54 Å². The Morgan fingerprint density at radius 2 is 1.89 bits per heavy atom. The van der Waals surface area contributed by atoms with Gasteiger partial charge in [-0.3, -0.25) is 9.10 Å². The fourth-order valence-corrected chi connectivity index (χ4v) is 2.37. The lowest BCUT2D eigenvalue weighted by Crippen LogP contribution is -2.40. The SMILES string of the molecule is CCNC(=O)CN(c1ccc(Cl)cc1)S(C)(=O)=O. The van der Waals surface area contributed by atoms with Crippen molar-refractivity contribution in [3.8, 4) is 0 Å². The molecule has 0 saturated carbocycles. The maximum Gasteiger partial charge on any atom is 0.240 e. The molecule has 0 spiro atoms. The molecule has 18 heavy (non-hydrogen) atoms. The first-order valence-electron chi connectivity index (χ1n) is 5.34. The van der Waals surface area contributed by atoms with Crippen molar-refractivity contribution in [3.63, 3.8) is 0 Å². The third kappa shape index (κ3) is 4.19. The van der Waals surface area contributed by atoms with E-state index in [4.69, 9.17) is 11.6 Å². The number of halogens is 1. The van der Waals surface area contributed by atoms with Crippen LogP contribution in [0.4, 0.5) is 5.69 Å². The summed E-state index contributed by atoms with van der Waals surface area (Å²) in [6.45, 7) is 1.98. The molecule has 5 nitrogen and oxygen atoms in total. The van der Waals surface area contributed by atoms with Crippen LogP contribution in [0.3, 0.4) is 0 Å². The van der Waals surface area contributed by atoms with Crippen molar-refractivity contribution < 1.29 is 13.2 Å². The molecule has 0 saturated heterocycles. The van der Waals surface area contributed by atoms with Crippen LogP contribution in [0.15, 0.2) is 24.3 Å². The van der Waals surface area contributed by atoms with E-state index in [1.807, 2.05) is 0 Å². The van der Waals surface area contributed by atoms with Gasteiger partial charge in [0.05, 0.1) is 11.9 Å². The summed E-state index contributed by atoms with van der Waals surface area (Å²) in [6, 6.07) is 6.27. The van der Waals surface area contributed by atoms with Gasteiger partial charge in [-0.1, -0.05) is 11.6 Å². The van der Waals surface area contributed by atoms with Gasteiger partial charge in [-0.2, -0.15) is 0 Å². The predicted octanol–water partition coefficient (Wildman–Crippen LogP) is 1.24. The minimum atomic E-state index is -3.51. The zero-order valence-corrected chi connectivity index (χ0v) is 11.8. The lowest BCUT2D eigenvalue weighted by atomic mass is 10.3. The molecule has 100 valence electrons. The van der Waals surface area contributed by atoms with E-state index >= 15 is 0 Å². The third-order valence-electron chi connectivity index (χ3n) is 2.18. The number of carbonyl (C=O) groups excluding carboxylic acids is 1. The number of hydrogen-bond donors (Lipinski definition) is 1. The van der Waals surface area contributed by atoms with Gasteiger partial charge in [-0.15, -0.1) is 0 Å². The number of benzene rings is 1. The molecule has 0 atom stereocenters. The Morgan fingerprint density at radius 1 is 1.33 bits per heavy atom. The fraction of sp³-hybridized carbons (Fsp3) is 0.364. The highest BCUT2D eigenvalue weighted by molar-refractivity contribution is 7.92. The third-order valence-corrected chi connectivity index (χ3v) is 3.57. The van der Waals surface area contributed by atoms with Crippen LogP contribution < -0.4 is 9.62 Å². The summed E-state index contributed by atoms with van der Waals surface area (Å²) in [5.41, 5.74) is 0.410. The predicted molar refractivity (Wildman–Crippen MR) is 72.3 cm³/mol. The van der Waals surface area contributed by atoms with E-state index in [0.717, 1.165) is 10.6 Å². The molecular formula is C11H15ClN2O3S. The molecule has 0 aliphatic heterocycles. The van der Waals surface area contributed by atoms with Crippen LogP contribution in [0, 0.1) is 0 Å². The van der Waals surface area contributed by atoms with E-state index in [9.17, 15) is 13.2 Å². The first-order chi connectivity index (χ1) is 8.34. The number of hydrogen-bond acceptors (Lipinski definition) is 3. The van der Waals surface area contributed by atoms with Crippen LogP contribution in [0.25, 0.3) is 0 Å². The van der Waals surface area contributed by atoms with E-state index in [-0.39, 0.29) is 12.5 Å². The van der Waals surface area contributed by atoms with Crippen molar-refractivity contribution in [3.05, 3.63) is 29.3 Å². The Balaban J connectivity index is 3.00. The molecule has 1 aromatic rings. The number of sulfonamides is 1. The summed E-state index contributed by atoms with van der Waals surface area (Å²) in [7, 11) is -3.51. The van der Waals surface area contributed by atoms with E-state index in [2.05, 4.69) is 5.32 Å². The van der Waals surface area contributed by atoms with Crippen LogP contribution in [-0.4, -0.2) is 33.7 Å². The second kappa shape index (κ2) is 6.06. The summed E-state index contributed by atoms with van der Waals surface area (Å²) < 4.78 is 24.4. The average molecular weight is 291 g/mol. The molecule has 7 heteroatoms. The Morgan fingerprint density at radius 3 is 2.33 bits per heavy atom. The quantitative estimate of drug-likeness (QED) is 0.887. The second-order valence-electron chi connectivity index (χ2n) is 3.70. The molecule has 0 unspecified atom stereocenters. The highest BCUT2D eigenvalue weighted by Crippen LogP contribution is 2.19. The van der Waals surface area contributed by atoms with Crippen LogP contribution >= 0.6 is 11.6 Å². The molecule has 0 bridgehead atoms. The van der Waals surface area contributed by atoms with E-state index < -0.39 is 10.0 Å². The summed E-state index contributed by atoms with van der Waals surface area (Å²) in [5.74, 6) is -0.349. The summed E-state index contributed by atoms with van der Waals surface area (Å²) in [5, 5.41) is 3.06. The Hall–Kier alpha value is -1.27. The molecule has 1 rings (SSSR count). The number of amides is 1. The topological polar surface area (TPSA) is 66.5 Å². The number of nitrogens with one attached hydrogen (secondary N) is 1. The van der Waals surface area contributed by atoms with Crippen LogP contribution in [-0.2, 0) is 14.8 Å². The van der Waals surface area contributed by atoms with Gasteiger partial charge in [-0.05, 0) is 31.2 Å². The van der Waals surface area contributed by atoms with Crippen molar-refractivity contribution >= 4 is 33.2 Å². The van der Waals surface area contributed by atoms with Crippen LogP contribution in [0.5, 0.6) is 0 Å². The summed E-state index contributed by atoms with van der Waals surface area (Å²) >= 11 is 5.74. The van der Waals surface area contributed by atoms with Crippen molar-refractivity contribution in [2.24, 2.45) is 0 Å². The smallest absolute Gasteiger partial charge is 0.240 e. The van der Waals surface area contributed by atoms with Gasteiger partial charge in [0.2, 0.25) is 15.9 Å². The van der Waals surface area contributed by atoms with Crippen molar-refractivity contribution in [1.82, 2.24) is 5.32 Å². The minimum Gasteiger partial charge on any atom is -0.355 e. The normalized spacial score (nSPS) is 11.1. The molecular weight excluding hydrogens is 276 g/mol. The monoisotopic (exact) mass is 290 g/mol. The van der Waals surface area contributed by atoms with Crippen LogP contribution in [0.1, 0.15) is 6.92 Å². The first kappa shape index (κ1) is 14.8. The molecule has 0 fully saturated rings. The van der Waals surface area contributed by atoms with Crippen molar-refractivity contribution in [1.29, 1.82) is 0 Å². The molecule has 0 aromatic heterocycles. The fourth-order valence-electron chi connectivity index (χ4n) is 1.39. The molecule has 1 amide bonds. The Labute approximate surface area is 112 Å². The van der Waals surface area contributed by atoms with Gasteiger partial charge in [-0.25, -0.2) is 8.42 Å². The van der Waals surface area contributed by atoms with Gasteiger partial charge >= 0.3 is 0 Å².